The number of carbonyl (C=O) groups is 1. The van der Waals surface area contributed by atoms with Gasteiger partial charge in [0.2, 0.25) is 5.91 Å². The van der Waals surface area contributed by atoms with Crippen LogP contribution >= 0.6 is 0 Å². The van der Waals surface area contributed by atoms with Gasteiger partial charge in [-0.1, -0.05) is 18.2 Å². The number of tetrazole rings is 1. The number of nitrogens with one attached hydrogen (secondary N) is 1. The summed E-state index contributed by atoms with van der Waals surface area (Å²) in [5.74, 6) is 0.124. The van der Waals surface area contributed by atoms with Crippen LogP contribution in [-0.2, 0) is 20.4 Å². The van der Waals surface area contributed by atoms with Crippen LogP contribution in [0, 0.1) is 0 Å². The SMILES string of the molecule is CC(C(=O)NC1CCOc2ccccc21)S(=O)(=O)Cc1nnnn1C1CC1. The lowest BCUT2D eigenvalue weighted by Gasteiger charge is -2.27. The lowest BCUT2D eigenvalue weighted by Crippen LogP contribution is -2.41. The number of carbonyl (C=O) groups excluding carboxylic acids is 1. The van der Waals surface area contributed by atoms with Gasteiger partial charge in [-0.3, -0.25) is 4.79 Å². The summed E-state index contributed by atoms with van der Waals surface area (Å²) in [6.07, 6.45) is 2.48. The van der Waals surface area contributed by atoms with Crippen LogP contribution in [0.2, 0.25) is 0 Å². The van der Waals surface area contributed by atoms with E-state index in [2.05, 4.69) is 20.8 Å². The molecule has 1 aliphatic carbocycles. The second-order valence-corrected chi connectivity index (χ2v) is 9.28. The van der Waals surface area contributed by atoms with E-state index in [4.69, 9.17) is 4.74 Å². The maximum absolute atomic E-state index is 12.7. The van der Waals surface area contributed by atoms with Crippen molar-refractivity contribution in [3.8, 4) is 5.75 Å². The van der Waals surface area contributed by atoms with Crippen LogP contribution in [0.1, 0.15) is 49.7 Å². The molecule has 4 rings (SSSR count). The van der Waals surface area contributed by atoms with Gasteiger partial charge in [-0.05, 0) is 36.3 Å². The highest BCUT2D eigenvalue weighted by Crippen LogP contribution is 2.35. The lowest BCUT2D eigenvalue weighted by atomic mass is 10.0. The number of sulfone groups is 1. The van der Waals surface area contributed by atoms with Crippen molar-refractivity contribution in [3.63, 3.8) is 0 Å². The minimum Gasteiger partial charge on any atom is -0.493 e. The fraction of sp³-hybridized carbons (Fsp3) is 0.529. The lowest BCUT2D eigenvalue weighted by molar-refractivity contribution is -0.121. The van der Waals surface area contributed by atoms with Crippen LogP contribution in [0.4, 0.5) is 0 Å². The van der Waals surface area contributed by atoms with Gasteiger partial charge in [-0.25, -0.2) is 13.1 Å². The molecule has 2 heterocycles. The van der Waals surface area contributed by atoms with E-state index in [-0.39, 0.29) is 23.7 Å². The third-order valence-corrected chi connectivity index (χ3v) is 6.92. The summed E-state index contributed by atoms with van der Waals surface area (Å²) in [6.45, 7) is 1.88. The zero-order valence-corrected chi connectivity index (χ0v) is 15.7. The summed E-state index contributed by atoms with van der Waals surface area (Å²) < 4.78 is 32.6. The van der Waals surface area contributed by atoms with E-state index in [1.807, 2.05) is 24.3 Å². The van der Waals surface area contributed by atoms with Crippen molar-refractivity contribution in [2.75, 3.05) is 6.61 Å². The van der Waals surface area contributed by atoms with Crippen molar-refractivity contribution in [2.24, 2.45) is 0 Å². The summed E-state index contributed by atoms with van der Waals surface area (Å²) in [6, 6.07) is 7.35. The van der Waals surface area contributed by atoms with Crippen molar-refractivity contribution in [1.82, 2.24) is 25.5 Å². The first-order valence-corrected chi connectivity index (χ1v) is 10.7. The minimum atomic E-state index is -3.75. The molecule has 1 aliphatic heterocycles. The maximum Gasteiger partial charge on any atom is 0.238 e. The third-order valence-electron chi connectivity index (χ3n) is 4.97. The largest absolute Gasteiger partial charge is 0.493 e. The molecule has 0 saturated heterocycles. The quantitative estimate of drug-likeness (QED) is 0.779. The highest BCUT2D eigenvalue weighted by Gasteiger charge is 2.35. The van der Waals surface area contributed by atoms with E-state index in [9.17, 15) is 13.2 Å². The molecular formula is C17H21N5O4S. The second-order valence-electron chi connectivity index (χ2n) is 6.96. The zero-order valence-electron chi connectivity index (χ0n) is 14.9. The Morgan fingerprint density at radius 3 is 2.89 bits per heavy atom. The maximum atomic E-state index is 12.7. The number of amides is 1. The molecule has 144 valence electrons. The number of fused-ring (bicyclic) bond motifs is 1. The third kappa shape index (κ3) is 3.66. The summed E-state index contributed by atoms with van der Waals surface area (Å²) in [7, 11) is -3.75. The highest BCUT2D eigenvalue weighted by atomic mass is 32.2. The molecule has 10 heteroatoms. The summed E-state index contributed by atoms with van der Waals surface area (Å²) in [4.78, 5) is 12.6. The molecule has 0 radical (unpaired) electrons. The molecule has 0 bridgehead atoms. The second kappa shape index (κ2) is 6.91. The van der Waals surface area contributed by atoms with Crippen LogP contribution in [0.5, 0.6) is 5.75 Å². The van der Waals surface area contributed by atoms with Crippen molar-refractivity contribution >= 4 is 15.7 Å². The Morgan fingerprint density at radius 1 is 1.33 bits per heavy atom. The summed E-state index contributed by atoms with van der Waals surface area (Å²) in [5, 5.41) is 12.9. The van der Waals surface area contributed by atoms with Crippen molar-refractivity contribution in [1.29, 1.82) is 0 Å². The van der Waals surface area contributed by atoms with Crippen molar-refractivity contribution in [2.45, 2.75) is 49.3 Å². The van der Waals surface area contributed by atoms with Gasteiger partial charge in [0.25, 0.3) is 0 Å². The fourth-order valence-electron chi connectivity index (χ4n) is 3.16. The molecule has 1 aromatic heterocycles. The van der Waals surface area contributed by atoms with E-state index < -0.39 is 21.0 Å². The Kier molecular flexibility index (Phi) is 4.58. The van der Waals surface area contributed by atoms with Crippen molar-refractivity contribution in [3.05, 3.63) is 35.7 Å². The Bertz CT molecular complexity index is 954. The number of para-hydroxylation sites is 1. The number of hydrogen-bond donors (Lipinski definition) is 1. The number of aromatic nitrogens is 4. The molecule has 1 saturated carbocycles. The number of hydrogen-bond acceptors (Lipinski definition) is 7. The minimum absolute atomic E-state index is 0.174. The van der Waals surface area contributed by atoms with Gasteiger partial charge < -0.3 is 10.1 Å². The molecule has 1 aromatic carbocycles. The number of nitrogens with zero attached hydrogens (tertiary/aromatic N) is 4. The predicted molar refractivity (Wildman–Crippen MR) is 95.6 cm³/mol. The topological polar surface area (TPSA) is 116 Å². The van der Waals surface area contributed by atoms with Gasteiger partial charge >= 0.3 is 0 Å². The number of rotatable bonds is 6. The molecule has 1 N–H and O–H groups in total. The Balaban J connectivity index is 1.46. The van der Waals surface area contributed by atoms with E-state index in [0.717, 1.165) is 18.4 Å². The van der Waals surface area contributed by atoms with Crippen LogP contribution in [0.15, 0.2) is 24.3 Å². The van der Waals surface area contributed by atoms with E-state index in [1.54, 1.807) is 4.68 Å². The normalized spacial score (nSPS) is 20.4. The van der Waals surface area contributed by atoms with Gasteiger partial charge in [0.15, 0.2) is 15.7 Å². The standard InChI is InChI=1S/C17H21N5O4S/c1-11(27(24,25)10-16-19-20-21-22(16)12-6-7-12)17(23)18-14-8-9-26-15-5-3-2-4-13(14)15/h2-5,11-12,14H,6-10H2,1H3,(H,18,23). The Hall–Kier alpha value is -2.49. The Labute approximate surface area is 157 Å². The van der Waals surface area contributed by atoms with Crippen LogP contribution in [0.25, 0.3) is 0 Å². The van der Waals surface area contributed by atoms with E-state index in [1.165, 1.54) is 6.92 Å². The Morgan fingerprint density at radius 2 is 2.11 bits per heavy atom. The summed E-state index contributed by atoms with van der Waals surface area (Å²) in [5.41, 5.74) is 0.861. The van der Waals surface area contributed by atoms with Gasteiger partial charge in [0.05, 0.1) is 18.7 Å². The smallest absolute Gasteiger partial charge is 0.238 e. The average Bonchev–Trinajstić information content (AvgIpc) is 3.40. The predicted octanol–water partition coefficient (Wildman–Crippen LogP) is 0.951. The van der Waals surface area contributed by atoms with Gasteiger partial charge in [0.1, 0.15) is 16.8 Å². The molecule has 2 unspecified atom stereocenters. The number of ether oxygens (including phenoxy) is 1. The molecule has 2 aromatic rings. The van der Waals surface area contributed by atoms with Crippen LogP contribution < -0.4 is 10.1 Å². The first kappa shape index (κ1) is 17.9. The first-order valence-electron chi connectivity index (χ1n) is 8.96. The van der Waals surface area contributed by atoms with Crippen LogP contribution in [0.3, 0.4) is 0 Å². The molecule has 27 heavy (non-hydrogen) atoms. The first-order chi connectivity index (χ1) is 13.0. The van der Waals surface area contributed by atoms with Gasteiger partial charge in [-0.2, -0.15) is 0 Å². The van der Waals surface area contributed by atoms with E-state index >= 15 is 0 Å². The molecular weight excluding hydrogens is 370 g/mol. The molecule has 0 spiro atoms. The average molecular weight is 391 g/mol. The monoisotopic (exact) mass is 391 g/mol. The fourth-order valence-corrected chi connectivity index (χ4v) is 4.35. The zero-order chi connectivity index (χ0) is 19.0. The summed E-state index contributed by atoms with van der Waals surface area (Å²) >= 11 is 0. The molecule has 2 atom stereocenters. The molecule has 1 amide bonds. The van der Waals surface area contributed by atoms with Crippen molar-refractivity contribution < 1.29 is 17.9 Å². The number of benzene rings is 1. The highest BCUT2D eigenvalue weighted by molar-refractivity contribution is 7.92. The van der Waals surface area contributed by atoms with Crippen LogP contribution in [-0.4, -0.2) is 46.4 Å². The van der Waals surface area contributed by atoms with Gasteiger partial charge in [-0.15, -0.1) is 5.10 Å². The molecule has 1 fully saturated rings. The van der Waals surface area contributed by atoms with E-state index in [0.29, 0.717) is 18.8 Å². The molecule has 2 aliphatic rings. The molecule has 9 nitrogen and oxygen atoms in total. The van der Waals surface area contributed by atoms with Gasteiger partial charge in [0, 0.05) is 12.0 Å².